The molecule has 0 bridgehead atoms. The van der Waals surface area contributed by atoms with Crippen molar-refractivity contribution in [2.24, 2.45) is 11.7 Å². The number of hydrogen-bond donors (Lipinski definition) is 3. The molecule has 1 fully saturated rings. The maximum Gasteiger partial charge on any atom is 0.242 e. The molecule has 5 heteroatoms. The maximum atomic E-state index is 12.0. The summed E-state index contributed by atoms with van der Waals surface area (Å²) < 4.78 is 0. The number of nitrogens with zero attached hydrogens (tertiary/aromatic N) is 1. The van der Waals surface area contributed by atoms with Crippen LogP contribution in [-0.4, -0.2) is 22.1 Å². The van der Waals surface area contributed by atoms with Gasteiger partial charge in [-0.2, -0.15) is 5.10 Å². The van der Waals surface area contributed by atoms with Crippen molar-refractivity contribution in [2.75, 3.05) is 5.32 Å². The Morgan fingerprint density at radius 3 is 2.67 bits per heavy atom. The SMILES string of the molecule is CC(C)C[C@H](N)C(=O)Nc1cc(C2CCCCCC2)[nH]n1. The summed E-state index contributed by atoms with van der Waals surface area (Å²) in [6, 6.07) is 1.50. The van der Waals surface area contributed by atoms with Gasteiger partial charge in [0.1, 0.15) is 0 Å². The number of carbonyl (C=O) groups is 1. The molecule has 2 rings (SSSR count). The molecule has 1 aliphatic rings. The summed E-state index contributed by atoms with van der Waals surface area (Å²) in [5.74, 6) is 1.41. The lowest BCUT2D eigenvalue weighted by molar-refractivity contribution is -0.117. The van der Waals surface area contributed by atoms with Crippen LogP contribution in [0.25, 0.3) is 0 Å². The Hall–Kier alpha value is -1.36. The summed E-state index contributed by atoms with van der Waals surface area (Å²) >= 11 is 0. The van der Waals surface area contributed by atoms with Gasteiger partial charge >= 0.3 is 0 Å². The molecular weight excluding hydrogens is 264 g/mol. The highest BCUT2D eigenvalue weighted by Gasteiger charge is 2.19. The third-order valence-electron chi connectivity index (χ3n) is 4.21. The fraction of sp³-hybridized carbons (Fsp3) is 0.750. The molecule has 0 aromatic carbocycles. The van der Waals surface area contributed by atoms with E-state index in [0.717, 1.165) is 5.69 Å². The van der Waals surface area contributed by atoms with Crippen LogP contribution in [-0.2, 0) is 4.79 Å². The summed E-state index contributed by atoms with van der Waals surface area (Å²) in [6.07, 6.45) is 8.34. The Kier molecular flexibility index (Phi) is 5.79. The van der Waals surface area contributed by atoms with Gasteiger partial charge in [0.15, 0.2) is 5.82 Å². The molecule has 1 saturated carbocycles. The van der Waals surface area contributed by atoms with Crippen LogP contribution in [0.15, 0.2) is 6.07 Å². The highest BCUT2D eigenvalue weighted by molar-refractivity contribution is 5.93. The topological polar surface area (TPSA) is 83.8 Å². The molecule has 1 aliphatic carbocycles. The zero-order chi connectivity index (χ0) is 15.2. The van der Waals surface area contributed by atoms with Crippen molar-refractivity contribution in [3.05, 3.63) is 11.8 Å². The Bertz CT molecular complexity index is 447. The molecule has 0 spiro atoms. The van der Waals surface area contributed by atoms with Crippen molar-refractivity contribution in [2.45, 2.75) is 70.8 Å². The summed E-state index contributed by atoms with van der Waals surface area (Å²) in [4.78, 5) is 12.0. The summed E-state index contributed by atoms with van der Waals surface area (Å²) in [5, 5.41) is 10.1. The summed E-state index contributed by atoms with van der Waals surface area (Å²) in [5.41, 5.74) is 7.03. The van der Waals surface area contributed by atoms with Gasteiger partial charge in [-0.25, -0.2) is 0 Å². The van der Waals surface area contributed by atoms with Gasteiger partial charge < -0.3 is 11.1 Å². The molecule has 21 heavy (non-hydrogen) atoms. The van der Waals surface area contributed by atoms with Crippen LogP contribution in [0.1, 0.15) is 70.4 Å². The quantitative estimate of drug-likeness (QED) is 0.729. The third kappa shape index (κ3) is 4.84. The second-order valence-corrected chi connectivity index (χ2v) is 6.62. The van der Waals surface area contributed by atoms with E-state index in [1.807, 2.05) is 6.07 Å². The summed E-state index contributed by atoms with van der Waals surface area (Å²) in [7, 11) is 0. The normalized spacial score (nSPS) is 18.5. The first kappa shape index (κ1) is 16.0. The lowest BCUT2D eigenvalue weighted by Gasteiger charge is -2.13. The van der Waals surface area contributed by atoms with Gasteiger partial charge in [-0.1, -0.05) is 39.5 Å². The van der Waals surface area contributed by atoms with Crippen LogP contribution in [0, 0.1) is 5.92 Å². The van der Waals surface area contributed by atoms with E-state index in [1.54, 1.807) is 0 Å². The van der Waals surface area contributed by atoms with E-state index in [1.165, 1.54) is 38.5 Å². The molecule has 1 amide bonds. The number of nitrogens with two attached hydrogens (primary N) is 1. The van der Waals surface area contributed by atoms with Crippen molar-refractivity contribution in [1.82, 2.24) is 10.2 Å². The number of rotatable bonds is 5. The number of aromatic amines is 1. The zero-order valence-corrected chi connectivity index (χ0v) is 13.2. The Labute approximate surface area is 127 Å². The first-order valence-electron chi connectivity index (χ1n) is 8.18. The minimum atomic E-state index is -0.469. The highest BCUT2D eigenvalue weighted by atomic mass is 16.2. The van der Waals surface area contributed by atoms with Crippen LogP contribution in [0.3, 0.4) is 0 Å². The molecule has 0 aliphatic heterocycles. The first-order valence-corrected chi connectivity index (χ1v) is 8.18. The molecule has 1 heterocycles. The van der Waals surface area contributed by atoms with Crippen LogP contribution < -0.4 is 11.1 Å². The Morgan fingerprint density at radius 2 is 2.05 bits per heavy atom. The van der Waals surface area contributed by atoms with Crippen molar-refractivity contribution < 1.29 is 4.79 Å². The van der Waals surface area contributed by atoms with Crippen LogP contribution >= 0.6 is 0 Å². The smallest absolute Gasteiger partial charge is 0.242 e. The van der Waals surface area contributed by atoms with Gasteiger partial charge in [0.2, 0.25) is 5.91 Å². The maximum absolute atomic E-state index is 12.0. The molecule has 118 valence electrons. The van der Waals surface area contributed by atoms with Gasteiger partial charge in [0.05, 0.1) is 6.04 Å². The minimum absolute atomic E-state index is 0.150. The predicted molar refractivity (Wildman–Crippen MR) is 85.1 cm³/mol. The van der Waals surface area contributed by atoms with Crippen molar-refractivity contribution in [1.29, 1.82) is 0 Å². The van der Waals surface area contributed by atoms with Crippen molar-refractivity contribution >= 4 is 11.7 Å². The standard InChI is InChI=1S/C16H28N4O/c1-11(2)9-13(17)16(21)18-15-10-14(19-20-15)12-7-5-3-4-6-8-12/h10-13H,3-9,17H2,1-2H3,(H2,18,19,20,21)/t13-/m0/s1. The first-order chi connectivity index (χ1) is 10.1. The lowest BCUT2D eigenvalue weighted by Crippen LogP contribution is -2.36. The van der Waals surface area contributed by atoms with E-state index < -0.39 is 6.04 Å². The number of hydrogen-bond acceptors (Lipinski definition) is 3. The van der Waals surface area contributed by atoms with E-state index in [2.05, 4.69) is 29.4 Å². The second kappa shape index (κ2) is 7.59. The monoisotopic (exact) mass is 292 g/mol. The number of nitrogens with one attached hydrogen (secondary N) is 2. The average molecular weight is 292 g/mol. The highest BCUT2D eigenvalue weighted by Crippen LogP contribution is 2.31. The van der Waals surface area contributed by atoms with E-state index >= 15 is 0 Å². The molecule has 0 radical (unpaired) electrons. The largest absolute Gasteiger partial charge is 0.320 e. The lowest BCUT2D eigenvalue weighted by atomic mass is 9.97. The van der Waals surface area contributed by atoms with Gasteiger partial charge in [0, 0.05) is 17.7 Å². The number of aromatic nitrogens is 2. The van der Waals surface area contributed by atoms with Crippen molar-refractivity contribution in [3.8, 4) is 0 Å². The molecule has 1 aromatic heterocycles. The molecule has 1 atom stereocenters. The van der Waals surface area contributed by atoms with Crippen LogP contribution in [0.4, 0.5) is 5.82 Å². The zero-order valence-electron chi connectivity index (χ0n) is 13.2. The van der Waals surface area contributed by atoms with E-state index in [-0.39, 0.29) is 5.91 Å². The van der Waals surface area contributed by atoms with Gasteiger partial charge in [-0.3, -0.25) is 9.89 Å². The molecular formula is C16H28N4O. The second-order valence-electron chi connectivity index (χ2n) is 6.62. The fourth-order valence-corrected chi connectivity index (χ4v) is 3.03. The fourth-order valence-electron chi connectivity index (χ4n) is 3.03. The van der Waals surface area contributed by atoms with Gasteiger partial charge in [-0.05, 0) is 25.2 Å². The van der Waals surface area contributed by atoms with Gasteiger partial charge in [0.25, 0.3) is 0 Å². The molecule has 1 aromatic rings. The molecule has 4 N–H and O–H groups in total. The van der Waals surface area contributed by atoms with E-state index in [9.17, 15) is 4.79 Å². The van der Waals surface area contributed by atoms with Gasteiger partial charge in [-0.15, -0.1) is 0 Å². The number of H-pyrrole nitrogens is 1. The van der Waals surface area contributed by atoms with Crippen LogP contribution in [0.5, 0.6) is 0 Å². The Balaban J connectivity index is 1.91. The molecule has 5 nitrogen and oxygen atoms in total. The Morgan fingerprint density at radius 1 is 1.38 bits per heavy atom. The number of amides is 1. The third-order valence-corrected chi connectivity index (χ3v) is 4.21. The van der Waals surface area contributed by atoms with E-state index in [0.29, 0.717) is 24.1 Å². The minimum Gasteiger partial charge on any atom is -0.320 e. The van der Waals surface area contributed by atoms with Crippen LogP contribution in [0.2, 0.25) is 0 Å². The van der Waals surface area contributed by atoms with E-state index in [4.69, 9.17) is 5.73 Å². The number of carbonyl (C=O) groups excluding carboxylic acids is 1. The molecule has 0 saturated heterocycles. The predicted octanol–water partition coefficient (Wildman–Crippen LogP) is 3.16. The summed E-state index contributed by atoms with van der Waals surface area (Å²) in [6.45, 7) is 4.12. The molecule has 0 unspecified atom stereocenters. The van der Waals surface area contributed by atoms with Crippen molar-refractivity contribution in [3.63, 3.8) is 0 Å². The average Bonchev–Trinajstić information content (AvgIpc) is 2.72. The number of anilines is 1.